The molecule has 0 bridgehead atoms. The molecule has 3 rings (SSSR count). The smallest absolute Gasteiger partial charge is 0.204 e. The minimum absolute atomic E-state index is 0.0106. The van der Waals surface area contributed by atoms with E-state index in [0.717, 1.165) is 0 Å². The third-order valence-electron chi connectivity index (χ3n) is 3.76. The van der Waals surface area contributed by atoms with Crippen LogP contribution in [-0.2, 0) is 0 Å². The topological polar surface area (TPSA) is 78.1 Å². The Morgan fingerprint density at radius 3 is 2.29 bits per heavy atom. The first-order valence-corrected chi connectivity index (χ1v) is 7.15. The van der Waals surface area contributed by atoms with Gasteiger partial charge in [0.1, 0.15) is 23.0 Å². The molecule has 6 nitrogen and oxygen atoms in total. The zero-order valence-electron chi connectivity index (χ0n) is 13.5. The molecule has 0 saturated carbocycles. The fraction of sp³-hybridized carbons (Fsp3) is 0.167. The minimum Gasteiger partial charge on any atom is -0.507 e. The maximum Gasteiger partial charge on any atom is 0.204 e. The summed E-state index contributed by atoms with van der Waals surface area (Å²) in [7, 11) is 4.38. The molecule has 24 heavy (non-hydrogen) atoms. The van der Waals surface area contributed by atoms with E-state index in [1.54, 1.807) is 24.3 Å². The van der Waals surface area contributed by atoms with Crippen molar-refractivity contribution in [1.29, 1.82) is 0 Å². The average Bonchev–Trinajstić information content (AvgIpc) is 2.61. The van der Waals surface area contributed by atoms with E-state index in [2.05, 4.69) is 0 Å². The van der Waals surface area contributed by atoms with Crippen LogP contribution in [0.3, 0.4) is 0 Å². The van der Waals surface area contributed by atoms with Gasteiger partial charge in [-0.15, -0.1) is 0 Å². The van der Waals surface area contributed by atoms with Gasteiger partial charge in [0.05, 0.1) is 26.9 Å². The lowest BCUT2D eigenvalue weighted by Gasteiger charge is -2.14. The van der Waals surface area contributed by atoms with Crippen LogP contribution in [0.25, 0.3) is 22.1 Å². The summed E-state index contributed by atoms with van der Waals surface area (Å²) in [5, 5.41) is 10.2. The van der Waals surface area contributed by atoms with Crippen LogP contribution in [0.2, 0.25) is 0 Å². The maximum absolute atomic E-state index is 13.0. The molecule has 1 aromatic heterocycles. The van der Waals surface area contributed by atoms with Crippen LogP contribution in [0.5, 0.6) is 23.0 Å². The lowest BCUT2D eigenvalue weighted by Crippen LogP contribution is -2.08. The molecule has 3 aromatic rings. The molecule has 0 spiro atoms. The van der Waals surface area contributed by atoms with E-state index < -0.39 is 0 Å². The number of fused-ring (bicyclic) bond motifs is 1. The predicted molar refractivity (Wildman–Crippen MR) is 89.2 cm³/mol. The molecule has 0 amide bonds. The Labute approximate surface area is 137 Å². The maximum atomic E-state index is 13.0. The number of methoxy groups -OCH3 is 3. The van der Waals surface area contributed by atoms with E-state index in [1.807, 2.05) is 0 Å². The van der Waals surface area contributed by atoms with Gasteiger partial charge in [-0.2, -0.15) is 0 Å². The van der Waals surface area contributed by atoms with Crippen molar-refractivity contribution in [3.8, 4) is 34.1 Å². The summed E-state index contributed by atoms with van der Waals surface area (Å²) in [6, 6.07) is 8.11. The van der Waals surface area contributed by atoms with Crippen LogP contribution in [-0.4, -0.2) is 26.4 Å². The van der Waals surface area contributed by atoms with Gasteiger partial charge in [-0.3, -0.25) is 4.79 Å². The average molecular weight is 328 g/mol. The van der Waals surface area contributed by atoms with Gasteiger partial charge in [-0.1, -0.05) is 18.2 Å². The van der Waals surface area contributed by atoms with Crippen molar-refractivity contribution in [2.24, 2.45) is 0 Å². The highest BCUT2D eigenvalue weighted by atomic mass is 16.5. The van der Waals surface area contributed by atoms with E-state index in [9.17, 15) is 9.90 Å². The van der Waals surface area contributed by atoms with Gasteiger partial charge in [-0.05, 0) is 6.07 Å². The first-order chi connectivity index (χ1) is 11.6. The van der Waals surface area contributed by atoms with E-state index in [4.69, 9.17) is 18.6 Å². The minimum atomic E-state index is -0.337. The van der Waals surface area contributed by atoms with Crippen LogP contribution in [0.15, 0.2) is 45.8 Å². The van der Waals surface area contributed by atoms with Crippen LogP contribution < -0.4 is 19.6 Å². The summed E-state index contributed by atoms with van der Waals surface area (Å²) < 4.78 is 21.5. The van der Waals surface area contributed by atoms with Gasteiger partial charge in [0.15, 0.2) is 11.5 Å². The van der Waals surface area contributed by atoms with E-state index in [0.29, 0.717) is 22.6 Å². The summed E-state index contributed by atoms with van der Waals surface area (Å²) >= 11 is 0. The zero-order valence-corrected chi connectivity index (χ0v) is 13.5. The highest BCUT2D eigenvalue weighted by Crippen LogP contribution is 2.42. The van der Waals surface area contributed by atoms with Gasteiger partial charge in [0.2, 0.25) is 11.2 Å². The molecule has 6 heteroatoms. The Bertz CT molecular complexity index is 958. The van der Waals surface area contributed by atoms with Crippen LogP contribution in [0.4, 0.5) is 0 Å². The molecule has 0 atom stereocenters. The third kappa shape index (κ3) is 2.32. The molecule has 0 aliphatic rings. The van der Waals surface area contributed by atoms with Gasteiger partial charge in [-0.25, -0.2) is 0 Å². The number of phenolic OH excluding ortho intramolecular Hbond substituents is 1. The molecule has 2 aromatic carbocycles. The van der Waals surface area contributed by atoms with Crippen molar-refractivity contribution < 1.29 is 23.7 Å². The SMILES string of the molecule is COc1cc2occ(-c3ccccc3O)c(=O)c2c(OC)c1OC. The molecule has 0 radical (unpaired) electrons. The Morgan fingerprint density at radius 2 is 1.67 bits per heavy atom. The highest BCUT2D eigenvalue weighted by molar-refractivity contribution is 5.92. The molecule has 1 N–H and O–H groups in total. The molecule has 0 fully saturated rings. The molecule has 0 unspecified atom stereocenters. The highest BCUT2D eigenvalue weighted by Gasteiger charge is 2.22. The first-order valence-electron chi connectivity index (χ1n) is 7.15. The lowest BCUT2D eigenvalue weighted by atomic mass is 10.0. The summed E-state index contributed by atoms with van der Waals surface area (Å²) in [5.41, 5.74) is 0.570. The van der Waals surface area contributed by atoms with Gasteiger partial charge >= 0.3 is 0 Å². The van der Waals surface area contributed by atoms with Crippen molar-refractivity contribution in [2.75, 3.05) is 21.3 Å². The third-order valence-corrected chi connectivity index (χ3v) is 3.76. The van der Waals surface area contributed by atoms with Crippen LogP contribution in [0.1, 0.15) is 0 Å². The molecule has 124 valence electrons. The number of ether oxygens (including phenoxy) is 3. The molecule has 0 aliphatic heterocycles. The number of hydrogen-bond acceptors (Lipinski definition) is 6. The van der Waals surface area contributed by atoms with Crippen molar-refractivity contribution in [3.63, 3.8) is 0 Å². The monoisotopic (exact) mass is 328 g/mol. The van der Waals surface area contributed by atoms with E-state index in [-0.39, 0.29) is 27.9 Å². The van der Waals surface area contributed by atoms with Crippen LogP contribution >= 0.6 is 0 Å². The number of aromatic hydroxyl groups is 1. The number of rotatable bonds is 4. The second-order valence-corrected chi connectivity index (χ2v) is 5.01. The fourth-order valence-corrected chi connectivity index (χ4v) is 2.64. The Morgan fingerprint density at radius 1 is 0.958 bits per heavy atom. The summed E-state index contributed by atoms with van der Waals surface area (Å²) in [6.45, 7) is 0. The fourth-order valence-electron chi connectivity index (χ4n) is 2.64. The van der Waals surface area contributed by atoms with Crippen molar-refractivity contribution in [1.82, 2.24) is 0 Å². The van der Waals surface area contributed by atoms with Gasteiger partial charge < -0.3 is 23.7 Å². The molecular formula is C18H16O6. The van der Waals surface area contributed by atoms with Crippen LogP contribution in [0, 0.1) is 0 Å². The number of hydrogen-bond donors (Lipinski definition) is 1. The molecular weight excluding hydrogens is 312 g/mol. The Hall–Kier alpha value is -3.15. The zero-order chi connectivity index (χ0) is 17.3. The largest absolute Gasteiger partial charge is 0.507 e. The summed E-state index contributed by atoms with van der Waals surface area (Å²) in [6.07, 6.45) is 1.31. The Kier molecular flexibility index (Phi) is 4.04. The summed E-state index contributed by atoms with van der Waals surface area (Å²) in [4.78, 5) is 13.0. The van der Waals surface area contributed by atoms with Crippen molar-refractivity contribution in [3.05, 3.63) is 46.8 Å². The first kappa shape index (κ1) is 15.7. The number of para-hydroxylation sites is 1. The molecule has 0 aliphatic carbocycles. The Balaban J connectivity index is 2.41. The quantitative estimate of drug-likeness (QED) is 0.792. The van der Waals surface area contributed by atoms with E-state index >= 15 is 0 Å². The van der Waals surface area contributed by atoms with Gasteiger partial charge in [0, 0.05) is 11.6 Å². The van der Waals surface area contributed by atoms with E-state index in [1.165, 1.54) is 33.7 Å². The van der Waals surface area contributed by atoms with Gasteiger partial charge in [0.25, 0.3) is 0 Å². The number of benzene rings is 2. The predicted octanol–water partition coefficient (Wildman–Crippen LogP) is 3.19. The second kappa shape index (κ2) is 6.16. The van der Waals surface area contributed by atoms with Crippen molar-refractivity contribution >= 4 is 11.0 Å². The molecule has 1 heterocycles. The summed E-state index contributed by atoms with van der Waals surface area (Å²) in [5.74, 6) is 0.899. The standard InChI is InChI=1S/C18H16O6/c1-21-14-8-13-15(18(23-3)17(14)22-2)16(20)11(9-24-13)10-6-4-5-7-12(10)19/h4-9,19H,1-3H3. The normalized spacial score (nSPS) is 10.6. The molecule has 0 saturated heterocycles. The second-order valence-electron chi connectivity index (χ2n) is 5.01. The lowest BCUT2D eigenvalue weighted by molar-refractivity contribution is 0.326. The van der Waals surface area contributed by atoms with Crippen molar-refractivity contribution in [2.45, 2.75) is 0 Å². The number of phenols is 1.